The van der Waals surface area contributed by atoms with E-state index in [0.717, 1.165) is 25.5 Å². The van der Waals surface area contributed by atoms with Crippen LogP contribution in [0.5, 0.6) is 0 Å². The van der Waals surface area contributed by atoms with E-state index in [0.29, 0.717) is 0 Å². The number of aliphatic imine (C=N–C) groups is 1. The molecule has 2 N–H and O–H groups in total. The lowest BCUT2D eigenvalue weighted by Crippen LogP contribution is -2.44. The Morgan fingerprint density at radius 3 is 2.52 bits per heavy atom. The number of hydrogen-bond acceptors (Lipinski definition) is 2. The van der Waals surface area contributed by atoms with Crippen molar-refractivity contribution in [2.24, 2.45) is 4.99 Å². The molecule has 2 rings (SSSR count). The number of rotatable bonds is 6. The van der Waals surface area contributed by atoms with Gasteiger partial charge in [-0.05, 0) is 23.6 Å². The standard InChI is InChI=1S/C19H26N4/c1-19(2,17-9-5-4-6-10-17)15-23-18(20-3)22-13-11-16-8-7-12-21-14-16/h4-10,12,14H,11,13,15H2,1-3H3,(H2,20,22,23). The molecule has 0 saturated carbocycles. The summed E-state index contributed by atoms with van der Waals surface area (Å²) in [5, 5.41) is 6.77. The van der Waals surface area contributed by atoms with Crippen molar-refractivity contribution >= 4 is 5.96 Å². The highest BCUT2D eigenvalue weighted by atomic mass is 15.2. The molecule has 0 saturated heterocycles. The van der Waals surface area contributed by atoms with E-state index >= 15 is 0 Å². The molecule has 4 heteroatoms. The molecule has 0 aliphatic carbocycles. The van der Waals surface area contributed by atoms with Gasteiger partial charge in [0.15, 0.2) is 5.96 Å². The predicted octanol–water partition coefficient (Wildman–Crippen LogP) is 2.77. The number of hydrogen-bond donors (Lipinski definition) is 2. The molecule has 1 heterocycles. The highest BCUT2D eigenvalue weighted by molar-refractivity contribution is 5.79. The maximum absolute atomic E-state index is 4.29. The molecule has 4 nitrogen and oxygen atoms in total. The largest absolute Gasteiger partial charge is 0.356 e. The van der Waals surface area contributed by atoms with Gasteiger partial charge >= 0.3 is 0 Å². The summed E-state index contributed by atoms with van der Waals surface area (Å²) in [5.74, 6) is 0.831. The molecule has 1 aromatic carbocycles. The van der Waals surface area contributed by atoms with Crippen LogP contribution in [-0.2, 0) is 11.8 Å². The number of guanidine groups is 1. The van der Waals surface area contributed by atoms with Gasteiger partial charge in [-0.3, -0.25) is 9.98 Å². The maximum Gasteiger partial charge on any atom is 0.191 e. The topological polar surface area (TPSA) is 49.3 Å². The number of benzene rings is 1. The molecule has 122 valence electrons. The lowest BCUT2D eigenvalue weighted by molar-refractivity contribution is 0.508. The van der Waals surface area contributed by atoms with Gasteiger partial charge in [0.2, 0.25) is 0 Å². The second-order valence-corrected chi connectivity index (χ2v) is 6.21. The third kappa shape index (κ3) is 5.40. The van der Waals surface area contributed by atoms with Crippen LogP contribution in [0.1, 0.15) is 25.0 Å². The van der Waals surface area contributed by atoms with E-state index in [-0.39, 0.29) is 5.41 Å². The highest BCUT2D eigenvalue weighted by Gasteiger charge is 2.20. The zero-order valence-electron chi connectivity index (χ0n) is 14.2. The third-order valence-corrected chi connectivity index (χ3v) is 3.91. The Morgan fingerprint density at radius 1 is 1.09 bits per heavy atom. The van der Waals surface area contributed by atoms with Crippen LogP contribution in [0.25, 0.3) is 0 Å². The van der Waals surface area contributed by atoms with E-state index in [4.69, 9.17) is 0 Å². The van der Waals surface area contributed by atoms with Crippen LogP contribution >= 0.6 is 0 Å². The van der Waals surface area contributed by atoms with E-state index in [1.807, 2.05) is 18.3 Å². The Labute approximate surface area is 139 Å². The monoisotopic (exact) mass is 310 g/mol. The number of nitrogens with zero attached hydrogens (tertiary/aromatic N) is 2. The van der Waals surface area contributed by atoms with Gasteiger partial charge in [0.05, 0.1) is 0 Å². The summed E-state index contributed by atoms with van der Waals surface area (Å²) in [6, 6.07) is 14.6. The summed E-state index contributed by atoms with van der Waals surface area (Å²) in [7, 11) is 1.80. The first kappa shape index (κ1) is 17.0. The molecule has 0 radical (unpaired) electrons. The van der Waals surface area contributed by atoms with Crippen LogP contribution in [0.4, 0.5) is 0 Å². The fourth-order valence-corrected chi connectivity index (χ4v) is 2.39. The van der Waals surface area contributed by atoms with Gasteiger partial charge in [-0.15, -0.1) is 0 Å². The van der Waals surface area contributed by atoms with Crippen molar-refractivity contribution in [3.63, 3.8) is 0 Å². The fraction of sp³-hybridized carbons (Fsp3) is 0.368. The summed E-state index contributed by atoms with van der Waals surface area (Å²) < 4.78 is 0. The van der Waals surface area contributed by atoms with Crippen molar-refractivity contribution in [1.29, 1.82) is 0 Å². The predicted molar refractivity (Wildman–Crippen MR) is 96.8 cm³/mol. The molecule has 0 fully saturated rings. The minimum atomic E-state index is 0.0439. The quantitative estimate of drug-likeness (QED) is 0.637. The Hall–Kier alpha value is -2.36. The molecule has 0 unspecified atom stereocenters. The Morgan fingerprint density at radius 2 is 1.87 bits per heavy atom. The van der Waals surface area contributed by atoms with Crippen LogP contribution in [0, 0.1) is 0 Å². The van der Waals surface area contributed by atoms with Crippen molar-refractivity contribution in [2.45, 2.75) is 25.7 Å². The van der Waals surface area contributed by atoms with Crippen molar-refractivity contribution in [3.8, 4) is 0 Å². The van der Waals surface area contributed by atoms with Crippen molar-refractivity contribution < 1.29 is 0 Å². The first-order valence-electron chi connectivity index (χ1n) is 8.01. The SMILES string of the molecule is CN=C(NCCc1cccnc1)NCC(C)(C)c1ccccc1. The Kier molecular flexibility index (Phi) is 6.15. The minimum absolute atomic E-state index is 0.0439. The molecule has 2 aromatic rings. The zero-order valence-corrected chi connectivity index (χ0v) is 14.2. The van der Waals surface area contributed by atoms with Crippen molar-refractivity contribution in [3.05, 3.63) is 66.0 Å². The van der Waals surface area contributed by atoms with Gasteiger partial charge in [0.1, 0.15) is 0 Å². The lowest BCUT2D eigenvalue weighted by Gasteiger charge is -2.26. The first-order chi connectivity index (χ1) is 11.1. The second-order valence-electron chi connectivity index (χ2n) is 6.21. The highest BCUT2D eigenvalue weighted by Crippen LogP contribution is 2.21. The summed E-state index contributed by atoms with van der Waals surface area (Å²) >= 11 is 0. The average molecular weight is 310 g/mol. The van der Waals surface area contributed by atoms with Gasteiger partial charge in [-0.2, -0.15) is 0 Å². The molecule has 0 bridgehead atoms. The van der Waals surface area contributed by atoms with E-state index in [9.17, 15) is 0 Å². The van der Waals surface area contributed by atoms with Crippen LogP contribution in [0.2, 0.25) is 0 Å². The number of nitrogens with one attached hydrogen (secondary N) is 2. The second kappa shape index (κ2) is 8.32. The van der Waals surface area contributed by atoms with Crippen LogP contribution in [-0.4, -0.2) is 31.1 Å². The Balaban J connectivity index is 1.81. The average Bonchev–Trinajstić information content (AvgIpc) is 2.59. The zero-order chi connectivity index (χ0) is 16.5. The van der Waals surface area contributed by atoms with Gasteiger partial charge in [0.25, 0.3) is 0 Å². The first-order valence-corrected chi connectivity index (χ1v) is 8.01. The van der Waals surface area contributed by atoms with Gasteiger partial charge < -0.3 is 10.6 Å². The van der Waals surface area contributed by atoms with Crippen molar-refractivity contribution in [2.75, 3.05) is 20.1 Å². The van der Waals surface area contributed by atoms with Crippen LogP contribution < -0.4 is 10.6 Å². The molecule has 0 atom stereocenters. The molecule has 1 aromatic heterocycles. The molecule has 23 heavy (non-hydrogen) atoms. The fourth-order valence-electron chi connectivity index (χ4n) is 2.39. The number of aromatic nitrogens is 1. The summed E-state index contributed by atoms with van der Waals surface area (Å²) in [6.07, 6.45) is 4.62. The third-order valence-electron chi connectivity index (χ3n) is 3.91. The van der Waals surface area contributed by atoms with Gasteiger partial charge in [0, 0.05) is 37.9 Å². The molecule has 0 spiro atoms. The van der Waals surface area contributed by atoms with E-state index < -0.39 is 0 Å². The van der Waals surface area contributed by atoms with Crippen LogP contribution in [0.3, 0.4) is 0 Å². The number of pyridine rings is 1. The van der Waals surface area contributed by atoms with Crippen molar-refractivity contribution in [1.82, 2.24) is 15.6 Å². The molecule has 0 aliphatic heterocycles. The maximum atomic E-state index is 4.29. The molecular weight excluding hydrogens is 284 g/mol. The summed E-state index contributed by atoms with van der Waals surface area (Å²) in [4.78, 5) is 8.43. The Bertz CT molecular complexity index is 606. The molecule has 0 aliphatic rings. The van der Waals surface area contributed by atoms with Gasteiger partial charge in [-0.25, -0.2) is 0 Å². The van der Waals surface area contributed by atoms with Gasteiger partial charge in [-0.1, -0.05) is 50.2 Å². The van der Waals surface area contributed by atoms with E-state index in [2.05, 4.69) is 64.8 Å². The molecular formula is C19H26N4. The van der Waals surface area contributed by atoms with Crippen LogP contribution in [0.15, 0.2) is 59.9 Å². The van der Waals surface area contributed by atoms with E-state index in [1.54, 1.807) is 13.2 Å². The minimum Gasteiger partial charge on any atom is -0.356 e. The lowest BCUT2D eigenvalue weighted by atomic mass is 9.85. The van der Waals surface area contributed by atoms with E-state index in [1.165, 1.54) is 11.1 Å². The summed E-state index contributed by atoms with van der Waals surface area (Å²) in [6.45, 7) is 6.12. The summed E-state index contributed by atoms with van der Waals surface area (Å²) in [5.41, 5.74) is 2.58. The normalized spacial score (nSPS) is 12.0. The molecule has 0 amide bonds. The smallest absolute Gasteiger partial charge is 0.191 e.